The van der Waals surface area contributed by atoms with Crippen molar-refractivity contribution in [3.8, 4) is 0 Å². The Hall–Kier alpha value is -2.21. The summed E-state index contributed by atoms with van der Waals surface area (Å²) in [6, 6.07) is 6.88. The van der Waals surface area contributed by atoms with E-state index in [0.717, 1.165) is 12.8 Å². The number of aliphatic hydroxyl groups is 1. The molecule has 1 atom stereocenters. The van der Waals surface area contributed by atoms with Crippen LogP contribution in [-0.4, -0.2) is 34.4 Å². The Morgan fingerprint density at radius 1 is 1.38 bits per heavy atom. The van der Waals surface area contributed by atoms with Crippen LogP contribution in [0.2, 0.25) is 0 Å². The Balaban J connectivity index is 2.07. The Labute approximate surface area is 122 Å². The minimum Gasteiger partial charge on any atom is -0.396 e. The number of aliphatic hydroxyl groups excluding tert-OH is 1. The van der Waals surface area contributed by atoms with Gasteiger partial charge < -0.3 is 10.4 Å². The molecule has 6 nitrogen and oxygen atoms in total. The second kappa shape index (κ2) is 6.99. The van der Waals surface area contributed by atoms with Gasteiger partial charge in [-0.3, -0.25) is 9.59 Å². The molecule has 2 aromatic rings. The van der Waals surface area contributed by atoms with Crippen LogP contribution in [0.4, 0.5) is 0 Å². The Bertz CT molecular complexity index is 681. The molecule has 1 aromatic heterocycles. The van der Waals surface area contributed by atoms with E-state index in [1.54, 1.807) is 24.3 Å². The van der Waals surface area contributed by atoms with E-state index in [1.807, 2.05) is 6.92 Å². The monoisotopic (exact) mass is 289 g/mol. The minimum atomic E-state index is -0.307. The largest absolute Gasteiger partial charge is 0.396 e. The molecule has 112 valence electrons. The number of benzene rings is 1. The first-order chi connectivity index (χ1) is 10.1. The number of carbonyl (C=O) groups is 1. The van der Waals surface area contributed by atoms with Gasteiger partial charge in [-0.05, 0) is 24.8 Å². The van der Waals surface area contributed by atoms with Crippen LogP contribution in [0.25, 0.3) is 10.8 Å². The van der Waals surface area contributed by atoms with E-state index in [1.165, 1.54) is 0 Å². The molecule has 3 N–H and O–H groups in total. The lowest BCUT2D eigenvalue weighted by atomic mass is 10.1. The summed E-state index contributed by atoms with van der Waals surface area (Å²) in [5, 5.41) is 18.9. The van der Waals surface area contributed by atoms with Crippen molar-refractivity contribution in [1.82, 2.24) is 15.5 Å². The van der Waals surface area contributed by atoms with Crippen molar-refractivity contribution in [3.63, 3.8) is 0 Å². The number of hydrogen-bond donors (Lipinski definition) is 3. The number of nitrogens with one attached hydrogen (secondary N) is 2. The molecule has 21 heavy (non-hydrogen) atoms. The van der Waals surface area contributed by atoms with Crippen LogP contribution in [0.5, 0.6) is 0 Å². The number of amides is 1. The SMILES string of the molecule is CC(CO)CCCNC(=O)c1n[nH]c(=O)c2ccccc12. The highest BCUT2D eigenvalue weighted by Crippen LogP contribution is 2.12. The molecule has 0 fully saturated rings. The number of H-pyrrole nitrogens is 1. The van der Waals surface area contributed by atoms with E-state index >= 15 is 0 Å². The van der Waals surface area contributed by atoms with Crippen molar-refractivity contribution >= 4 is 16.7 Å². The summed E-state index contributed by atoms with van der Waals surface area (Å²) < 4.78 is 0. The molecular weight excluding hydrogens is 270 g/mol. The van der Waals surface area contributed by atoms with Crippen LogP contribution in [0.15, 0.2) is 29.1 Å². The van der Waals surface area contributed by atoms with Gasteiger partial charge in [-0.15, -0.1) is 0 Å². The molecule has 1 heterocycles. The minimum absolute atomic E-state index is 0.153. The number of rotatable bonds is 6. The molecule has 1 amide bonds. The van der Waals surface area contributed by atoms with Crippen molar-refractivity contribution in [2.75, 3.05) is 13.2 Å². The standard InChI is InChI=1S/C15H19N3O3/c1-10(9-19)5-4-8-16-15(21)13-11-6-2-3-7-12(11)14(20)18-17-13/h2-3,6-7,10,19H,4-5,8-9H2,1H3,(H,16,21)(H,18,20). The molecule has 1 aromatic carbocycles. The summed E-state index contributed by atoms with van der Waals surface area (Å²) in [6.45, 7) is 2.62. The molecule has 0 saturated carbocycles. The predicted molar refractivity (Wildman–Crippen MR) is 80.2 cm³/mol. The number of fused-ring (bicyclic) bond motifs is 1. The molecule has 0 radical (unpaired) electrons. The molecule has 2 rings (SSSR count). The van der Waals surface area contributed by atoms with Gasteiger partial charge in [0.05, 0.1) is 5.39 Å². The van der Waals surface area contributed by atoms with Gasteiger partial charge in [0, 0.05) is 18.5 Å². The molecule has 0 aliphatic carbocycles. The van der Waals surface area contributed by atoms with Gasteiger partial charge in [0.25, 0.3) is 11.5 Å². The van der Waals surface area contributed by atoms with E-state index in [0.29, 0.717) is 17.3 Å². The number of carbonyl (C=O) groups excluding carboxylic acids is 1. The third-order valence-electron chi connectivity index (χ3n) is 3.38. The zero-order chi connectivity index (χ0) is 15.2. The quantitative estimate of drug-likeness (QED) is 0.693. The average Bonchev–Trinajstić information content (AvgIpc) is 2.51. The van der Waals surface area contributed by atoms with Crippen LogP contribution in [0, 0.1) is 5.92 Å². The highest BCUT2D eigenvalue weighted by Gasteiger charge is 2.13. The van der Waals surface area contributed by atoms with Gasteiger partial charge in [-0.1, -0.05) is 25.1 Å². The van der Waals surface area contributed by atoms with Crippen LogP contribution < -0.4 is 10.9 Å². The smallest absolute Gasteiger partial charge is 0.272 e. The zero-order valence-corrected chi connectivity index (χ0v) is 11.9. The van der Waals surface area contributed by atoms with E-state index in [9.17, 15) is 9.59 Å². The normalized spacial score (nSPS) is 12.3. The Morgan fingerprint density at radius 2 is 2.10 bits per heavy atom. The van der Waals surface area contributed by atoms with Crippen LogP contribution >= 0.6 is 0 Å². The number of nitrogens with zero attached hydrogens (tertiary/aromatic N) is 1. The maximum atomic E-state index is 12.1. The van der Waals surface area contributed by atoms with Gasteiger partial charge in [-0.2, -0.15) is 5.10 Å². The highest BCUT2D eigenvalue weighted by atomic mass is 16.3. The lowest BCUT2D eigenvalue weighted by molar-refractivity contribution is 0.0948. The van der Waals surface area contributed by atoms with Crippen LogP contribution in [0.1, 0.15) is 30.3 Å². The van der Waals surface area contributed by atoms with Gasteiger partial charge in [0.15, 0.2) is 5.69 Å². The maximum absolute atomic E-state index is 12.1. The fourth-order valence-corrected chi connectivity index (χ4v) is 2.12. The average molecular weight is 289 g/mol. The molecule has 0 aliphatic rings. The summed E-state index contributed by atoms with van der Waals surface area (Å²) in [5.41, 5.74) is -0.0840. The molecule has 0 aliphatic heterocycles. The summed E-state index contributed by atoms with van der Waals surface area (Å²) >= 11 is 0. The van der Waals surface area contributed by atoms with Crippen molar-refractivity contribution < 1.29 is 9.90 Å². The van der Waals surface area contributed by atoms with Crippen LogP contribution in [0.3, 0.4) is 0 Å². The lowest BCUT2D eigenvalue weighted by Crippen LogP contribution is -2.27. The van der Waals surface area contributed by atoms with E-state index in [-0.39, 0.29) is 29.7 Å². The molecule has 0 saturated heterocycles. The number of hydrogen-bond acceptors (Lipinski definition) is 4. The maximum Gasteiger partial charge on any atom is 0.272 e. The topological polar surface area (TPSA) is 95.1 Å². The van der Waals surface area contributed by atoms with E-state index in [4.69, 9.17) is 5.11 Å². The van der Waals surface area contributed by atoms with Crippen molar-refractivity contribution in [3.05, 3.63) is 40.3 Å². The third-order valence-corrected chi connectivity index (χ3v) is 3.38. The first-order valence-electron chi connectivity index (χ1n) is 7.00. The van der Waals surface area contributed by atoms with Gasteiger partial charge in [-0.25, -0.2) is 5.10 Å². The molecule has 1 unspecified atom stereocenters. The second-order valence-corrected chi connectivity index (χ2v) is 5.13. The number of aromatic nitrogens is 2. The predicted octanol–water partition coefficient (Wildman–Crippen LogP) is 1.06. The van der Waals surface area contributed by atoms with Crippen molar-refractivity contribution in [2.45, 2.75) is 19.8 Å². The molecule has 0 spiro atoms. The Morgan fingerprint density at radius 3 is 2.81 bits per heavy atom. The van der Waals surface area contributed by atoms with Gasteiger partial charge in [0.1, 0.15) is 0 Å². The van der Waals surface area contributed by atoms with Crippen molar-refractivity contribution in [2.24, 2.45) is 5.92 Å². The highest BCUT2D eigenvalue weighted by molar-refractivity contribution is 6.04. The number of aromatic amines is 1. The fourth-order valence-electron chi connectivity index (χ4n) is 2.12. The molecule has 6 heteroatoms. The van der Waals surface area contributed by atoms with Gasteiger partial charge >= 0.3 is 0 Å². The summed E-state index contributed by atoms with van der Waals surface area (Å²) in [6.07, 6.45) is 1.63. The summed E-state index contributed by atoms with van der Waals surface area (Å²) in [5.74, 6) is -0.0759. The zero-order valence-electron chi connectivity index (χ0n) is 11.9. The van der Waals surface area contributed by atoms with E-state index < -0.39 is 0 Å². The molecule has 0 bridgehead atoms. The van der Waals surface area contributed by atoms with Crippen molar-refractivity contribution in [1.29, 1.82) is 0 Å². The third kappa shape index (κ3) is 3.66. The molecular formula is C15H19N3O3. The lowest BCUT2D eigenvalue weighted by Gasteiger charge is -2.09. The van der Waals surface area contributed by atoms with E-state index in [2.05, 4.69) is 15.5 Å². The first kappa shape index (κ1) is 15.2. The fraction of sp³-hybridized carbons (Fsp3) is 0.400. The second-order valence-electron chi connectivity index (χ2n) is 5.13. The summed E-state index contributed by atoms with van der Waals surface area (Å²) in [7, 11) is 0. The first-order valence-corrected chi connectivity index (χ1v) is 7.00. The van der Waals surface area contributed by atoms with Gasteiger partial charge in [0.2, 0.25) is 0 Å². The van der Waals surface area contributed by atoms with Crippen LogP contribution in [-0.2, 0) is 0 Å². The Kier molecular flexibility index (Phi) is 5.05. The summed E-state index contributed by atoms with van der Waals surface area (Å²) in [4.78, 5) is 23.8.